The van der Waals surface area contributed by atoms with Crippen LogP contribution in [0.1, 0.15) is 46.7 Å². The number of carbonyl (C=O) groups excluding carboxylic acids is 1. The van der Waals surface area contributed by atoms with E-state index in [1.54, 1.807) is 18.2 Å². The first kappa shape index (κ1) is 16.2. The van der Waals surface area contributed by atoms with Crippen LogP contribution in [-0.2, 0) is 0 Å². The SMILES string of the molecule is CCC(NC(=O)c1ccn2c(C)cc(C)nc12)c1ccc(F)cc1. The molecule has 1 aromatic carbocycles. The lowest BCUT2D eigenvalue weighted by Crippen LogP contribution is -2.28. The highest BCUT2D eigenvalue weighted by Gasteiger charge is 2.18. The van der Waals surface area contributed by atoms with Crippen LogP contribution in [0.15, 0.2) is 42.6 Å². The molecule has 5 heteroatoms. The highest BCUT2D eigenvalue weighted by Crippen LogP contribution is 2.20. The number of aryl methyl sites for hydroxylation is 2. The minimum atomic E-state index is -0.284. The third kappa shape index (κ3) is 3.02. The molecule has 124 valence electrons. The summed E-state index contributed by atoms with van der Waals surface area (Å²) in [6, 6.07) is 9.81. The summed E-state index contributed by atoms with van der Waals surface area (Å²) in [6.07, 6.45) is 2.57. The first-order valence-electron chi connectivity index (χ1n) is 8.01. The number of halogens is 1. The molecule has 1 N–H and O–H groups in total. The Hall–Kier alpha value is -2.69. The van der Waals surface area contributed by atoms with Gasteiger partial charge in [0.25, 0.3) is 5.91 Å². The number of rotatable bonds is 4. The van der Waals surface area contributed by atoms with Gasteiger partial charge in [0.05, 0.1) is 11.6 Å². The van der Waals surface area contributed by atoms with E-state index < -0.39 is 0 Å². The van der Waals surface area contributed by atoms with E-state index in [0.717, 1.165) is 17.0 Å². The molecule has 3 rings (SSSR count). The number of amides is 1. The highest BCUT2D eigenvalue weighted by molar-refractivity contribution is 6.00. The van der Waals surface area contributed by atoms with E-state index >= 15 is 0 Å². The molecule has 0 bridgehead atoms. The number of aromatic nitrogens is 2. The standard InChI is InChI=1S/C19H20FN3O/c1-4-17(14-5-7-15(20)8-6-14)22-19(24)16-9-10-23-13(3)11-12(2)21-18(16)23/h5-11,17H,4H2,1-3H3,(H,22,24). The van der Waals surface area contributed by atoms with Gasteiger partial charge in [-0.3, -0.25) is 4.79 Å². The molecule has 1 unspecified atom stereocenters. The van der Waals surface area contributed by atoms with Gasteiger partial charge in [0.2, 0.25) is 0 Å². The summed E-state index contributed by atoms with van der Waals surface area (Å²) >= 11 is 0. The van der Waals surface area contributed by atoms with Crippen LogP contribution in [0.3, 0.4) is 0 Å². The Kier molecular flexibility index (Phi) is 4.34. The number of nitrogens with zero attached hydrogens (tertiary/aromatic N) is 2. The molecule has 0 aliphatic heterocycles. The minimum absolute atomic E-state index is 0.168. The third-order valence-corrected chi connectivity index (χ3v) is 4.17. The van der Waals surface area contributed by atoms with Crippen molar-refractivity contribution in [1.82, 2.24) is 14.7 Å². The van der Waals surface area contributed by atoms with Crippen molar-refractivity contribution >= 4 is 11.6 Å². The fourth-order valence-electron chi connectivity index (χ4n) is 2.92. The van der Waals surface area contributed by atoms with Crippen molar-refractivity contribution in [3.8, 4) is 0 Å². The lowest BCUT2D eigenvalue weighted by atomic mass is 10.0. The second-order valence-corrected chi connectivity index (χ2v) is 5.95. The molecule has 24 heavy (non-hydrogen) atoms. The quantitative estimate of drug-likeness (QED) is 0.789. The largest absolute Gasteiger partial charge is 0.345 e. The number of hydrogen-bond acceptors (Lipinski definition) is 2. The Bertz CT molecular complexity index is 884. The van der Waals surface area contributed by atoms with Crippen molar-refractivity contribution in [1.29, 1.82) is 0 Å². The molecule has 0 aliphatic rings. The summed E-state index contributed by atoms with van der Waals surface area (Å²) in [7, 11) is 0. The number of carbonyl (C=O) groups is 1. The average molecular weight is 325 g/mol. The maximum absolute atomic E-state index is 13.1. The molecular weight excluding hydrogens is 305 g/mol. The van der Waals surface area contributed by atoms with Gasteiger partial charge in [0.1, 0.15) is 11.5 Å². The number of nitrogens with one attached hydrogen (secondary N) is 1. The van der Waals surface area contributed by atoms with E-state index in [1.807, 2.05) is 37.4 Å². The van der Waals surface area contributed by atoms with Crippen molar-refractivity contribution in [2.24, 2.45) is 0 Å². The van der Waals surface area contributed by atoms with Gasteiger partial charge in [0.15, 0.2) is 0 Å². The maximum atomic E-state index is 13.1. The maximum Gasteiger partial charge on any atom is 0.255 e. The van der Waals surface area contributed by atoms with Crippen molar-refractivity contribution < 1.29 is 9.18 Å². The Morgan fingerprint density at radius 2 is 1.96 bits per heavy atom. The Morgan fingerprint density at radius 3 is 2.62 bits per heavy atom. The van der Waals surface area contributed by atoms with Gasteiger partial charge in [0, 0.05) is 17.6 Å². The zero-order valence-electron chi connectivity index (χ0n) is 14.0. The molecule has 2 aromatic heterocycles. The third-order valence-electron chi connectivity index (χ3n) is 4.17. The summed E-state index contributed by atoms with van der Waals surface area (Å²) in [5, 5.41) is 3.02. The van der Waals surface area contributed by atoms with Crippen molar-refractivity contribution in [2.45, 2.75) is 33.2 Å². The predicted molar refractivity (Wildman–Crippen MR) is 91.6 cm³/mol. The summed E-state index contributed by atoms with van der Waals surface area (Å²) in [6.45, 7) is 5.88. The van der Waals surface area contributed by atoms with Crippen LogP contribution >= 0.6 is 0 Å². The smallest absolute Gasteiger partial charge is 0.255 e. The molecule has 1 amide bonds. The average Bonchev–Trinajstić information content (AvgIpc) is 2.97. The fraction of sp³-hybridized carbons (Fsp3) is 0.263. The molecule has 0 fully saturated rings. The summed E-state index contributed by atoms with van der Waals surface area (Å²) in [5.41, 5.74) is 3.98. The van der Waals surface area contributed by atoms with Crippen molar-refractivity contribution in [3.05, 3.63) is 70.9 Å². The minimum Gasteiger partial charge on any atom is -0.345 e. The second kappa shape index (κ2) is 6.43. The zero-order chi connectivity index (χ0) is 17.3. The summed E-state index contributed by atoms with van der Waals surface area (Å²) in [5.74, 6) is -0.459. The van der Waals surface area contributed by atoms with Gasteiger partial charge in [-0.15, -0.1) is 0 Å². The van der Waals surface area contributed by atoms with Gasteiger partial charge >= 0.3 is 0 Å². The molecule has 0 aliphatic carbocycles. The van der Waals surface area contributed by atoms with Crippen molar-refractivity contribution in [3.63, 3.8) is 0 Å². The first-order valence-corrected chi connectivity index (χ1v) is 8.01. The van der Waals surface area contributed by atoms with Gasteiger partial charge in [-0.1, -0.05) is 19.1 Å². The molecule has 4 nitrogen and oxygen atoms in total. The Morgan fingerprint density at radius 1 is 1.25 bits per heavy atom. The molecular formula is C19H20FN3O. The van der Waals surface area contributed by atoms with Crippen LogP contribution < -0.4 is 5.32 Å². The van der Waals surface area contributed by atoms with Crippen LogP contribution in [-0.4, -0.2) is 15.3 Å². The van der Waals surface area contributed by atoms with Crippen LogP contribution in [0.2, 0.25) is 0 Å². The van der Waals surface area contributed by atoms with Gasteiger partial charge in [-0.05, 0) is 50.1 Å². The topological polar surface area (TPSA) is 46.4 Å². The zero-order valence-corrected chi connectivity index (χ0v) is 14.0. The predicted octanol–water partition coefficient (Wildman–Crippen LogP) is 3.97. The molecule has 0 spiro atoms. The molecule has 0 saturated carbocycles. The number of benzene rings is 1. The molecule has 0 radical (unpaired) electrons. The van der Waals surface area contributed by atoms with E-state index in [9.17, 15) is 9.18 Å². The summed E-state index contributed by atoms with van der Waals surface area (Å²) in [4.78, 5) is 17.2. The monoisotopic (exact) mass is 325 g/mol. The lowest BCUT2D eigenvalue weighted by molar-refractivity contribution is 0.0937. The van der Waals surface area contributed by atoms with E-state index in [4.69, 9.17) is 0 Å². The summed E-state index contributed by atoms with van der Waals surface area (Å²) < 4.78 is 15.0. The molecule has 2 heterocycles. The Balaban J connectivity index is 1.90. The highest BCUT2D eigenvalue weighted by atomic mass is 19.1. The van der Waals surface area contributed by atoms with Crippen LogP contribution in [0.4, 0.5) is 4.39 Å². The van der Waals surface area contributed by atoms with Gasteiger partial charge in [-0.25, -0.2) is 9.37 Å². The first-order chi connectivity index (χ1) is 11.5. The number of fused-ring (bicyclic) bond motifs is 1. The normalized spacial score (nSPS) is 12.3. The van der Waals surface area contributed by atoms with Gasteiger partial charge < -0.3 is 9.72 Å². The van der Waals surface area contributed by atoms with E-state index in [0.29, 0.717) is 17.6 Å². The van der Waals surface area contributed by atoms with E-state index in [-0.39, 0.29) is 17.8 Å². The molecule has 0 saturated heterocycles. The van der Waals surface area contributed by atoms with E-state index in [1.165, 1.54) is 12.1 Å². The van der Waals surface area contributed by atoms with Crippen LogP contribution in [0.25, 0.3) is 5.65 Å². The van der Waals surface area contributed by atoms with Crippen molar-refractivity contribution in [2.75, 3.05) is 0 Å². The number of hydrogen-bond donors (Lipinski definition) is 1. The molecule has 3 aromatic rings. The second-order valence-electron chi connectivity index (χ2n) is 5.95. The van der Waals surface area contributed by atoms with Crippen LogP contribution in [0.5, 0.6) is 0 Å². The molecule has 1 atom stereocenters. The fourth-order valence-corrected chi connectivity index (χ4v) is 2.92. The Labute approximate surface area is 140 Å². The lowest BCUT2D eigenvalue weighted by Gasteiger charge is -2.17. The van der Waals surface area contributed by atoms with E-state index in [2.05, 4.69) is 10.3 Å². The van der Waals surface area contributed by atoms with Gasteiger partial charge in [-0.2, -0.15) is 0 Å². The van der Waals surface area contributed by atoms with Crippen LogP contribution in [0, 0.1) is 19.7 Å².